The van der Waals surface area contributed by atoms with Crippen LogP contribution >= 0.6 is 0 Å². The summed E-state index contributed by atoms with van der Waals surface area (Å²) in [7, 11) is -4.33. The van der Waals surface area contributed by atoms with E-state index in [0.717, 1.165) is 160 Å². The molecule has 6 aliphatic heterocycles. The molecule has 0 amide bonds. The van der Waals surface area contributed by atoms with E-state index < -0.39 is 41.3 Å². The van der Waals surface area contributed by atoms with E-state index in [0.29, 0.717) is 84.7 Å². The molecule has 0 unspecified atom stereocenters. The maximum atomic E-state index is 12.7. The third-order valence-electron chi connectivity index (χ3n) is 15.5. The highest BCUT2D eigenvalue weighted by molar-refractivity contribution is 7.92. The maximum absolute atomic E-state index is 12.7. The zero-order valence-electron chi connectivity index (χ0n) is 49.5. The Morgan fingerprint density at radius 1 is 0.524 bits per heavy atom. The van der Waals surface area contributed by atoms with Crippen LogP contribution in [-0.2, 0) is 44.3 Å². The number of Topliss-reactive ketones (excluding diaryl/α,β-unsaturated/α-hetero) is 1. The molecule has 3 aromatic rings. The molecule has 0 atom stereocenters. The molecule has 468 valence electrons. The minimum Gasteiger partial charge on any atom is -0.486 e. The average molecular weight is 1230 g/mol. The lowest BCUT2D eigenvalue weighted by Crippen LogP contribution is -2.51. The standard InChI is InChI=1S/C19H30N4O5S.C19H29N3O5S.C19H29N3O4S/c1-20-7-11-27-12-10-23-8-5-19(6-9-23)14-17(21-24)16-13-15(22-29(2,25)26)3-4-18(16)28-19;1-20-7-11-26-12-10-22-8-5-19(6-9-22)14-17(23)16-13-15(21-28(2,24)25)3-4-18(16)27-19;1-20-9-13-25-14-12-22-10-7-19(8-11-22)6-5-16-15-17(21-27(2,23)24)3-4-18(16)26-19/h3-4,13,20,22,24H,5-12,14H2,1-2H3;3-4,13,20-21H,5-12,14H2,1-2H3;3-6,15,20-21H,7-14H2,1-2H3/b21-17+;;. The molecule has 3 aromatic carbocycles. The second-order valence-corrected chi connectivity index (χ2v) is 27.6. The van der Waals surface area contributed by atoms with E-state index in [2.05, 4.69) is 56.0 Å². The van der Waals surface area contributed by atoms with Crippen LogP contribution in [0.2, 0.25) is 0 Å². The van der Waals surface area contributed by atoms with Crippen molar-refractivity contribution >= 4 is 64.7 Å². The average Bonchev–Trinajstić information content (AvgIpc) is 2.99. The highest BCUT2D eigenvalue weighted by Gasteiger charge is 2.44. The van der Waals surface area contributed by atoms with Crippen molar-refractivity contribution in [2.75, 3.05) is 172 Å². The van der Waals surface area contributed by atoms with Gasteiger partial charge in [-0.1, -0.05) is 11.2 Å². The Labute approximate surface area is 496 Å². The number of carbonyl (C=O) groups is 1. The van der Waals surface area contributed by atoms with E-state index in [-0.39, 0.29) is 11.4 Å². The van der Waals surface area contributed by atoms with Crippen molar-refractivity contribution < 1.29 is 63.7 Å². The first-order chi connectivity index (χ1) is 40.0. The van der Waals surface area contributed by atoms with Gasteiger partial charge in [-0.15, -0.1) is 0 Å². The van der Waals surface area contributed by atoms with Gasteiger partial charge in [-0.05, 0) is 81.8 Å². The van der Waals surface area contributed by atoms with Crippen LogP contribution in [0.4, 0.5) is 17.1 Å². The van der Waals surface area contributed by atoms with E-state index >= 15 is 0 Å². The van der Waals surface area contributed by atoms with Gasteiger partial charge in [0.2, 0.25) is 30.1 Å². The largest absolute Gasteiger partial charge is 0.486 e. The number of ether oxygens (including phenoxy) is 6. The molecule has 0 radical (unpaired) electrons. The molecule has 3 spiro atoms. The maximum Gasteiger partial charge on any atom is 0.229 e. The molecule has 0 bridgehead atoms. The summed E-state index contributed by atoms with van der Waals surface area (Å²) in [5, 5.41) is 22.2. The Hall–Kier alpha value is -5.17. The molecule has 7 N–H and O–H groups in total. The fraction of sp³-hybridized carbons (Fsp3) is 0.614. The summed E-state index contributed by atoms with van der Waals surface area (Å²) in [5.74, 6) is 1.97. The second kappa shape index (κ2) is 30.5. The molecular formula is C57H88N10O14S3. The molecule has 0 aromatic heterocycles. The Bertz CT molecular complexity index is 3050. The second-order valence-electron chi connectivity index (χ2n) is 22.4. The highest BCUT2D eigenvalue weighted by Crippen LogP contribution is 2.43. The predicted molar refractivity (Wildman–Crippen MR) is 327 cm³/mol. The quantitative estimate of drug-likeness (QED) is 0.0382. The van der Waals surface area contributed by atoms with Crippen molar-refractivity contribution in [3.8, 4) is 17.2 Å². The van der Waals surface area contributed by atoms with Crippen LogP contribution in [0, 0.1) is 0 Å². The smallest absolute Gasteiger partial charge is 0.229 e. The normalized spacial score (nSPS) is 19.5. The molecule has 3 saturated heterocycles. The summed E-state index contributed by atoms with van der Waals surface area (Å²) in [6.45, 7) is 15.1. The first-order valence-corrected chi connectivity index (χ1v) is 34.4. The molecule has 6 heterocycles. The fourth-order valence-corrected chi connectivity index (χ4v) is 12.6. The third kappa shape index (κ3) is 20.5. The summed E-state index contributed by atoms with van der Waals surface area (Å²) < 4.78 is 112. The number of rotatable bonds is 24. The highest BCUT2D eigenvalue weighted by atomic mass is 32.2. The topological polar surface area (TPSA) is 289 Å². The number of likely N-dealkylation sites (N-methyl/N-ethyl adjacent to an activating group) is 3. The number of fused-ring (bicyclic) bond motifs is 3. The molecular weight excluding hydrogens is 1140 g/mol. The number of benzene rings is 3. The van der Waals surface area contributed by atoms with Crippen LogP contribution in [0.5, 0.6) is 17.2 Å². The van der Waals surface area contributed by atoms with Crippen LogP contribution in [0.3, 0.4) is 0 Å². The Morgan fingerprint density at radius 3 is 1.35 bits per heavy atom. The first-order valence-electron chi connectivity index (χ1n) is 28.7. The predicted octanol–water partition coefficient (Wildman–Crippen LogP) is 3.72. The number of carbonyl (C=O) groups excluding carboxylic acids is 1. The number of hydrogen-bond acceptors (Lipinski definition) is 21. The number of anilines is 3. The molecule has 9 rings (SSSR count). The number of nitrogens with zero attached hydrogens (tertiary/aromatic N) is 4. The van der Waals surface area contributed by atoms with Crippen molar-refractivity contribution in [3.05, 3.63) is 77.4 Å². The lowest BCUT2D eigenvalue weighted by molar-refractivity contribution is -0.0147. The van der Waals surface area contributed by atoms with Gasteiger partial charge in [0.15, 0.2) is 5.78 Å². The third-order valence-corrected chi connectivity index (χ3v) is 17.3. The van der Waals surface area contributed by atoms with Gasteiger partial charge >= 0.3 is 0 Å². The lowest BCUT2D eigenvalue weighted by atomic mass is 9.82. The number of oxime groups is 1. The van der Waals surface area contributed by atoms with Crippen LogP contribution < -0.4 is 44.3 Å². The van der Waals surface area contributed by atoms with E-state index in [1.165, 1.54) is 0 Å². The molecule has 0 aliphatic carbocycles. The fourth-order valence-electron chi connectivity index (χ4n) is 11.0. The minimum absolute atomic E-state index is 0.00208. The van der Waals surface area contributed by atoms with Crippen molar-refractivity contribution in [2.45, 2.75) is 68.2 Å². The van der Waals surface area contributed by atoms with E-state index in [1.54, 1.807) is 48.5 Å². The number of nitrogens with one attached hydrogen (secondary N) is 6. The van der Waals surface area contributed by atoms with Gasteiger partial charge in [0, 0.05) is 152 Å². The van der Waals surface area contributed by atoms with Gasteiger partial charge in [-0.2, -0.15) is 0 Å². The van der Waals surface area contributed by atoms with E-state index in [4.69, 9.17) is 28.4 Å². The van der Waals surface area contributed by atoms with Crippen LogP contribution in [-0.4, -0.2) is 232 Å². The van der Waals surface area contributed by atoms with Crippen molar-refractivity contribution in [2.24, 2.45) is 5.16 Å². The zero-order valence-corrected chi connectivity index (χ0v) is 52.0. The molecule has 24 nitrogen and oxygen atoms in total. The van der Waals surface area contributed by atoms with Gasteiger partial charge < -0.3 is 64.3 Å². The molecule has 0 saturated carbocycles. The molecule has 27 heteroatoms. The molecule has 3 fully saturated rings. The number of ketones is 1. The zero-order chi connectivity index (χ0) is 60.4. The van der Waals surface area contributed by atoms with Crippen LogP contribution in [0.25, 0.3) is 6.08 Å². The van der Waals surface area contributed by atoms with Crippen LogP contribution in [0.15, 0.2) is 65.8 Å². The first kappa shape index (κ1) is 66.4. The summed E-state index contributed by atoms with van der Waals surface area (Å²) >= 11 is 0. The van der Waals surface area contributed by atoms with E-state index in [9.17, 15) is 35.3 Å². The van der Waals surface area contributed by atoms with Crippen molar-refractivity contribution in [1.82, 2.24) is 30.7 Å². The minimum atomic E-state index is -3.39. The summed E-state index contributed by atoms with van der Waals surface area (Å²) in [6.07, 6.45) is 13.4. The number of sulfonamides is 3. The van der Waals surface area contributed by atoms with Gasteiger partial charge in [-0.3, -0.25) is 19.0 Å². The van der Waals surface area contributed by atoms with Gasteiger partial charge in [-0.25, -0.2) is 25.3 Å². The van der Waals surface area contributed by atoms with E-state index in [1.807, 2.05) is 33.3 Å². The van der Waals surface area contributed by atoms with Crippen molar-refractivity contribution in [1.29, 1.82) is 0 Å². The lowest BCUT2D eigenvalue weighted by Gasteiger charge is -2.44. The summed E-state index contributed by atoms with van der Waals surface area (Å²) in [5.41, 5.74) is 2.70. The number of piperidine rings is 3. The summed E-state index contributed by atoms with van der Waals surface area (Å²) in [4.78, 5) is 19.8. The Balaban J connectivity index is 0.000000181. The van der Waals surface area contributed by atoms with Gasteiger partial charge in [0.1, 0.15) is 34.1 Å². The SMILES string of the molecule is CNCCOCCN1CCC2(C=Cc3cc(NS(C)(=O)=O)ccc3O2)CC1.CNCCOCCN1CCC2(CC1)C/C(=N\O)c1cc(NS(C)(=O)=O)ccc1O2.CNCCOCCN1CCC2(CC1)CC(=O)c1cc(NS(C)(=O)=O)ccc1O2. The molecule has 84 heavy (non-hydrogen) atoms. The number of hydrogen-bond donors (Lipinski definition) is 7. The van der Waals surface area contributed by atoms with Gasteiger partial charge in [0.05, 0.1) is 76.1 Å². The number of likely N-dealkylation sites (tertiary alicyclic amines) is 3. The van der Waals surface area contributed by atoms with Crippen molar-refractivity contribution in [3.63, 3.8) is 0 Å². The Kier molecular flexibility index (Phi) is 24.1. The Morgan fingerprint density at radius 2 is 0.917 bits per heavy atom. The summed E-state index contributed by atoms with van der Waals surface area (Å²) in [6, 6.07) is 15.3. The van der Waals surface area contributed by atoms with Crippen LogP contribution in [0.1, 0.15) is 72.9 Å². The van der Waals surface area contributed by atoms with Gasteiger partial charge in [0.25, 0.3) is 0 Å². The monoisotopic (exact) mass is 1230 g/mol. The molecule has 6 aliphatic rings.